The summed E-state index contributed by atoms with van der Waals surface area (Å²) in [5, 5.41) is 0. The highest BCUT2D eigenvalue weighted by Gasteiger charge is 2.55. The van der Waals surface area contributed by atoms with Crippen LogP contribution in [0, 0.1) is 11.3 Å². The van der Waals surface area contributed by atoms with Gasteiger partial charge in [0.2, 0.25) is 0 Å². The number of esters is 3. The molecule has 0 bridgehead atoms. The molecule has 6 nitrogen and oxygen atoms in total. The molecule has 1 rings (SSSR count). The van der Waals surface area contributed by atoms with Crippen LogP contribution in [-0.2, 0) is 28.6 Å². The molecule has 1 atom stereocenters. The van der Waals surface area contributed by atoms with Crippen molar-refractivity contribution in [2.75, 3.05) is 20.8 Å². The van der Waals surface area contributed by atoms with Gasteiger partial charge in [-0.3, -0.25) is 14.4 Å². The Labute approximate surface area is 130 Å². The van der Waals surface area contributed by atoms with Crippen molar-refractivity contribution in [3.05, 3.63) is 23.8 Å². The van der Waals surface area contributed by atoms with Crippen LogP contribution in [0.5, 0.6) is 0 Å². The van der Waals surface area contributed by atoms with E-state index in [1.54, 1.807) is 6.08 Å². The number of hydrogen-bond donors (Lipinski definition) is 0. The first-order valence-corrected chi connectivity index (χ1v) is 6.93. The zero-order chi connectivity index (χ0) is 16.9. The SMILES string of the molecule is C=C(C)C1CC(C(=O)OC)(C(=O)OC)C/C1=C/COC(C)=O. The third kappa shape index (κ3) is 3.55. The van der Waals surface area contributed by atoms with Crippen molar-refractivity contribution in [1.82, 2.24) is 0 Å². The zero-order valence-electron chi connectivity index (χ0n) is 13.4. The summed E-state index contributed by atoms with van der Waals surface area (Å²) < 4.78 is 14.5. The van der Waals surface area contributed by atoms with Gasteiger partial charge in [-0.1, -0.05) is 17.7 Å². The van der Waals surface area contributed by atoms with E-state index in [2.05, 4.69) is 6.58 Å². The van der Waals surface area contributed by atoms with Crippen LogP contribution in [0.2, 0.25) is 0 Å². The Hall–Kier alpha value is -2.11. The van der Waals surface area contributed by atoms with E-state index in [4.69, 9.17) is 14.2 Å². The summed E-state index contributed by atoms with van der Waals surface area (Å²) >= 11 is 0. The molecule has 22 heavy (non-hydrogen) atoms. The number of methoxy groups -OCH3 is 2. The lowest BCUT2D eigenvalue weighted by Crippen LogP contribution is -2.39. The van der Waals surface area contributed by atoms with E-state index in [9.17, 15) is 14.4 Å². The van der Waals surface area contributed by atoms with Crippen LogP contribution >= 0.6 is 0 Å². The van der Waals surface area contributed by atoms with Gasteiger partial charge in [0.15, 0.2) is 5.41 Å². The minimum absolute atomic E-state index is 0.0902. The second-order valence-electron chi connectivity index (χ2n) is 5.43. The maximum atomic E-state index is 12.2. The lowest BCUT2D eigenvalue weighted by Gasteiger charge is -2.22. The number of carbonyl (C=O) groups is 3. The molecule has 6 heteroatoms. The van der Waals surface area contributed by atoms with Gasteiger partial charge in [-0.05, 0) is 25.8 Å². The van der Waals surface area contributed by atoms with E-state index in [0.717, 1.165) is 11.1 Å². The summed E-state index contributed by atoms with van der Waals surface area (Å²) in [7, 11) is 2.48. The monoisotopic (exact) mass is 310 g/mol. The molecule has 0 aliphatic heterocycles. The molecule has 122 valence electrons. The largest absolute Gasteiger partial charge is 0.468 e. The fourth-order valence-electron chi connectivity index (χ4n) is 2.78. The zero-order valence-corrected chi connectivity index (χ0v) is 13.4. The molecule has 1 saturated carbocycles. The van der Waals surface area contributed by atoms with Crippen molar-refractivity contribution in [3.8, 4) is 0 Å². The fraction of sp³-hybridized carbons (Fsp3) is 0.562. The van der Waals surface area contributed by atoms with Crippen molar-refractivity contribution in [2.45, 2.75) is 26.7 Å². The molecule has 0 spiro atoms. The van der Waals surface area contributed by atoms with Crippen molar-refractivity contribution in [1.29, 1.82) is 0 Å². The predicted molar refractivity (Wildman–Crippen MR) is 78.7 cm³/mol. The molecule has 1 aliphatic carbocycles. The predicted octanol–water partition coefficient (Wildman–Crippen LogP) is 1.79. The van der Waals surface area contributed by atoms with Gasteiger partial charge in [0.1, 0.15) is 6.61 Å². The van der Waals surface area contributed by atoms with Gasteiger partial charge in [-0.15, -0.1) is 0 Å². The Kier molecular flexibility index (Phi) is 5.91. The summed E-state index contributed by atoms with van der Waals surface area (Å²) in [5.74, 6) is -1.80. The lowest BCUT2D eigenvalue weighted by molar-refractivity contribution is -0.168. The van der Waals surface area contributed by atoms with Gasteiger partial charge in [-0.2, -0.15) is 0 Å². The smallest absolute Gasteiger partial charge is 0.323 e. The molecule has 0 saturated heterocycles. The molecule has 0 heterocycles. The summed E-state index contributed by atoms with van der Waals surface area (Å²) in [5.41, 5.74) is 0.281. The van der Waals surface area contributed by atoms with Crippen LogP contribution in [0.4, 0.5) is 0 Å². The third-order valence-corrected chi connectivity index (χ3v) is 3.89. The van der Waals surface area contributed by atoms with E-state index in [1.807, 2.05) is 6.92 Å². The topological polar surface area (TPSA) is 78.9 Å². The van der Waals surface area contributed by atoms with Gasteiger partial charge < -0.3 is 14.2 Å². The second kappa shape index (κ2) is 7.24. The highest BCUT2D eigenvalue weighted by Crippen LogP contribution is 2.49. The van der Waals surface area contributed by atoms with Crippen molar-refractivity contribution in [2.24, 2.45) is 11.3 Å². The summed E-state index contributed by atoms with van der Waals surface area (Å²) in [6.07, 6.45) is 2.13. The minimum atomic E-state index is -1.37. The number of rotatable bonds is 5. The lowest BCUT2D eigenvalue weighted by atomic mass is 9.84. The fourth-order valence-corrected chi connectivity index (χ4v) is 2.78. The van der Waals surface area contributed by atoms with Crippen molar-refractivity contribution in [3.63, 3.8) is 0 Å². The Morgan fingerprint density at radius 1 is 1.23 bits per heavy atom. The van der Waals surface area contributed by atoms with Crippen LogP contribution in [0.3, 0.4) is 0 Å². The molecule has 0 aromatic carbocycles. The quantitative estimate of drug-likeness (QED) is 0.333. The Morgan fingerprint density at radius 3 is 2.18 bits per heavy atom. The van der Waals surface area contributed by atoms with Crippen LogP contribution in [-0.4, -0.2) is 38.7 Å². The summed E-state index contributed by atoms with van der Waals surface area (Å²) in [6.45, 7) is 7.15. The molecule has 1 aliphatic rings. The Morgan fingerprint density at radius 2 is 1.77 bits per heavy atom. The summed E-state index contributed by atoms with van der Waals surface area (Å²) in [4.78, 5) is 35.2. The first-order chi connectivity index (χ1) is 10.3. The molecule has 0 N–H and O–H groups in total. The number of allylic oxidation sites excluding steroid dienone is 2. The van der Waals surface area contributed by atoms with Gasteiger partial charge in [0, 0.05) is 12.8 Å². The van der Waals surface area contributed by atoms with Gasteiger partial charge in [-0.25, -0.2) is 0 Å². The van der Waals surface area contributed by atoms with Gasteiger partial charge in [0.05, 0.1) is 14.2 Å². The van der Waals surface area contributed by atoms with Crippen LogP contribution in [0.1, 0.15) is 26.7 Å². The van der Waals surface area contributed by atoms with Crippen molar-refractivity contribution < 1.29 is 28.6 Å². The van der Waals surface area contributed by atoms with E-state index < -0.39 is 23.3 Å². The Balaban J connectivity index is 3.14. The molecular weight excluding hydrogens is 288 g/mol. The molecule has 0 aromatic rings. The van der Waals surface area contributed by atoms with Crippen LogP contribution in [0.15, 0.2) is 23.8 Å². The summed E-state index contributed by atoms with van der Waals surface area (Å²) in [6, 6.07) is 0. The standard InChI is InChI=1S/C16H22O6/c1-10(2)13-9-16(14(18)20-4,15(19)21-5)8-12(13)6-7-22-11(3)17/h6,13H,1,7-9H2,2-5H3/b12-6-. The van der Waals surface area contributed by atoms with Crippen LogP contribution in [0.25, 0.3) is 0 Å². The van der Waals surface area contributed by atoms with E-state index in [-0.39, 0.29) is 25.4 Å². The van der Waals surface area contributed by atoms with Crippen LogP contribution < -0.4 is 0 Å². The Bertz CT molecular complexity index is 501. The maximum Gasteiger partial charge on any atom is 0.323 e. The number of carbonyl (C=O) groups excluding carboxylic acids is 3. The maximum absolute atomic E-state index is 12.2. The molecule has 0 radical (unpaired) electrons. The van der Waals surface area contributed by atoms with Crippen molar-refractivity contribution >= 4 is 17.9 Å². The average Bonchev–Trinajstić information content (AvgIpc) is 2.86. The van der Waals surface area contributed by atoms with Gasteiger partial charge >= 0.3 is 17.9 Å². The normalized spacial score (nSPS) is 21.3. The molecule has 1 fully saturated rings. The second-order valence-corrected chi connectivity index (χ2v) is 5.43. The van der Waals surface area contributed by atoms with E-state index in [0.29, 0.717) is 0 Å². The molecule has 1 unspecified atom stereocenters. The molecular formula is C16H22O6. The van der Waals surface area contributed by atoms with E-state index >= 15 is 0 Å². The highest BCUT2D eigenvalue weighted by molar-refractivity contribution is 6.01. The number of hydrogen-bond acceptors (Lipinski definition) is 6. The van der Waals surface area contributed by atoms with E-state index in [1.165, 1.54) is 21.1 Å². The molecule has 0 aromatic heterocycles. The minimum Gasteiger partial charge on any atom is -0.468 e. The number of ether oxygens (including phenoxy) is 3. The first kappa shape index (κ1) is 17.9. The third-order valence-electron chi connectivity index (χ3n) is 3.89. The first-order valence-electron chi connectivity index (χ1n) is 6.93. The highest BCUT2D eigenvalue weighted by atomic mass is 16.5. The average molecular weight is 310 g/mol. The van der Waals surface area contributed by atoms with Gasteiger partial charge in [0.25, 0.3) is 0 Å². The molecule has 0 amide bonds.